The summed E-state index contributed by atoms with van der Waals surface area (Å²) < 4.78 is 0. The molecule has 0 aromatic heterocycles. The number of hydrogen-bond acceptors (Lipinski definition) is 4. The van der Waals surface area contributed by atoms with Crippen molar-refractivity contribution in [2.24, 2.45) is 11.5 Å². The maximum Gasteiger partial charge on any atom is 0.249 e. The molecule has 6 nitrogen and oxygen atoms in total. The fourth-order valence-corrected chi connectivity index (χ4v) is 5.05. The summed E-state index contributed by atoms with van der Waals surface area (Å²) in [6.45, 7) is 0. The number of primary amides is 2. The summed E-state index contributed by atoms with van der Waals surface area (Å²) in [5, 5.41) is 0. The van der Waals surface area contributed by atoms with Crippen LogP contribution in [0.15, 0.2) is 97.1 Å². The van der Waals surface area contributed by atoms with Crippen molar-refractivity contribution in [3.05, 3.63) is 142 Å². The second-order valence-electron chi connectivity index (χ2n) is 9.70. The zero-order chi connectivity index (χ0) is 28.5. The molecule has 202 valence electrons. The molecule has 0 saturated carbocycles. The molecule has 0 spiro atoms. The molecule has 40 heavy (non-hydrogen) atoms. The van der Waals surface area contributed by atoms with E-state index in [0.29, 0.717) is 57.3 Å². The monoisotopic (exact) mass is 532 g/mol. The molecule has 2 amide bonds. The number of nitrogens with two attached hydrogens (primary N) is 2. The number of benzene rings is 4. The number of hydrogen-bond donors (Lipinski definition) is 2. The van der Waals surface area contributed by atoms with E-state index < -0.39 is 11.8 Å². The summed E-state index contributed by atoms with van der Waals surface area (Å²) in [7, 11) is 0. The molecule has 0 radical (unpaired) electrons. The SMILES string of the molecule is NC(=O)c1cccc(C(=O)c2ccccc2)c1CCCCCCc1c(C(N)=O)cccc1C(=O)c1ccccc1. The van der Waals surface area contributed by atoms with Crippen LogP contribution in [0.4, 0.5) is 0 Å². The lowest BCUT2D eigenvalue weighted by Crippen LogP contribution is -2.17. The van der Waals surface area contributed by atoms with Crippen molar-refractivity contribution >= 4 is 23.4 Å². The molecule has 0 bridgehead atoms. The van der Waals surface area contributed by atoms with Gasteiger partial charge in [0.1, 0.15) is 0 Å². The Morgan fingerprint density at radius 3 is 1.12 bits per heavy atom. The van der Waals surface area contributed by atoms with Crippen LogP contribution in [0.1, 0.15) is 89.4 Å². The van der Waals surface area contributed by atoms with E-state index in [4.69, 9.17) is 11.5 Å². The third-order valence-corrected chi connectivity index (χ3v) is 7.05. The molecule has 0 aliphatic carbocycles. The molecular weight excluding hydrogens is 500 g/mol. The van der Waals surface area contributed by atoms with Crippen LogP contribution in [0.3, 0.4) is 0 Å². The topological polar surface area (TPSA) is 120 Å². The predicted octanol–water partition coefficient (Wildman–Crippen LogP) is 5.69. The zero-order valence-electron chi connectivity index (χ0n) is 22.3. The van der Waals surface area contributed by atoms with Crippen LogP contribution in [0.25, 0.3) is 0 Å². The van der Waals surface area contributed by atoms with Gasteiger partial charge in [-0.3, -0.25) is 19.2 Å². The molecule has 0 heterocycles. The van der Waals surface area contributed by atoms with Gasteiger partial charge in [0.2, 0.25) is 11.8 Å². The van der Waals surface area contributed by atoms with Crippen LogP contribution in [0, 0.1) is 0 Å². The second kappa shape index (κ2) is 13.3. The van der Waals surface area contributed by atoms with E-state index in [0.717, 1.165) is 25.7 Å². The quantitative estimate of drug-likeness (QED) is 0.170. The Kier molecular flexibility index (Phi) is 9.36. The molecular formula is C34H32N2O4. The molecule has 4 aromatic rings. The number of carbonyl (C=O) groups excluding carboxylic acids is 4. The van der Waals surface area contributed by atoms with Crippen LogP contribution in [-0.4, -0.2) is 23.4 Å². The van der Waals surface area contributed by atoms with Gasteiger partial charge in [-0.05, 0) is 48.9 Å². The first kappa shape index (κ1) is 28.2. The summed E-state index contributed by atoms with van der Waals surface area (Å²) in [6.07, 6.45) is 4.20. The van der Waals surface area contributed by atoms with E-state index >= 15 is 0 Å². The first-order valence-electron chi connectivity index (χ1n) is 13.4. The van der Waals surface area contributed by atoms with Gasteiger partial charge in [-0.1, -0.05) is 97.8 Å². The zero-order valence-corrected chi connectivity index (χ0v) is 22.3. The highest BCUT2D eigenvalue weighted by atomic mass is 16.1. The molecule has 6 heteroatoms. The van der Waals surface area contributed by atoms with Crippen molar-refractivity contribution in [2.45, 2.75) is 38.5 Å². The van der Waals surface area contributed by atoms with E-state index in [9.17, 15) is 19.2 Å². The Labute approximate surface area is 234 Å². The predicted molar refractivity (Wildman–Crippen MR) is 156 cm³/mol. The minimum atomic E-state index is -0.559. The Bertz CT molecular complexity index is 1410. The van der Waals surface area contributed by atoms with Crippen LogP contribution in [0.5, 0.6) is 0 Å². The largest absolute Gasteiger partial charge is 0.366 e. The van der Waals surface area contributed by atoms with E-state index in [-0.39, 0.29) is 11.6 Å². The fraction of sp³-hybridized carbons (Fsp3) is 0.176. The minimum absolute atomic E-state index is 0.141. The lowest BCUT2D eigenvalue weighted by Gasteiger charge is -2.14. The van der Waals surface area contributed by atoms with E-state index in [1.807, 2.05) is 12.1 Å². The lowest BCUT2D eigenvalue weighted by atomic mass is 9.89. The molecule has 0 saturated heterocycles. The van der Waals surface area contributed by atoms with E-state index in [1.54, 1.807) is 84.9 Å². The summed E-state index contributed by atoms with van der Waals surface area (Å²) in [6, 6.07) is 28.1. The van der Waals surface area contributed by atoms with Crippen LogP contribution < -0.4 is 11.5 Å². The molecule has 0 atom stereocenters. The summed E-state index contributed by atoms with van der Waals surface area (Å²) in [4.78, 5) is 50.7. The van der Waals surface area contributed by atoms with Gasteiger partial charge in [0.05, 0.1) is 0 Å². The molecule has 4 rings (SSSR count). The highest BCUT2D eigenvalue weighted by molar-refractivity contribution is 6.12. The molecule has 0 unspecified atom stereocenters. The van der Waals surface area contributed by atoms with Crippen LogP contribution in [0.2, 0.25) is 0 Å². The van der Waals surface area contributed by atoms with Crippen molar-refractivity contribution in [3.63, 3.8) is 0 Å². The number of ketones is 2. The van der Waals surface area contributed by atoms with Gasteiger partial charge >= 0.3 is 0 Å². The van der Waals surface area contributed by atoms with Crippen LogP contribution in [-0.2, 0) is 12.8 Å². The maximum absolute atomic E-state index is 13.2. The van der Waals surface area contributed by atoms with Gasteiger partial charge in [-0.25, -0.2) is 0 Å². The van der Waals surface area contributed by atoms with Crippen molar-refractivity contribution in [3.8, 4) is 0 Å². The first-order chi connectivity index (χ1) is 19.4. The van der Waals surface area contributed by atoms with Gasteiger partial charge in [0, 0.05) is 33.4 Å². The second-order valence-corrected chi connectivity index (χ2v) is 9.70. The average Bonchev–Trinajstić information content (AvgIpc) is 2.98. The number of unbranched alkanes of at least 4 members (excludes halogenated alkanes) is 3. The third-order valence-electron chi connectivity index (χ3n) is 7.05. The molecule has 0 fully saturated rings. The maximum atomic E-state index is 13.2. The van der Waals surface area contributed by atoms with E-state index in [1.165, 1.54) is 0 Å². The van der Waals surface area contributed by atoms with Gasteiger partial charge in [-0.15, -0.1) is 0 Å². The molecule has 0 aliphatic heterocycles. The highest BCUT2D eigenvalue weighted by Crippen LogP contribution is 2.24. The van der Waals surface area contributed by atoms with Crippen LogP contribution >= 0.6 is 0 Å². The molecule has 4 aromatic carbocycles. The number of carbonyl (C=O) groups is 4. The van der Waals surface area contributed by atoms with E-state index in [2.05, 4.69) is 0 Å². The van der Waals surface area contributed by atoms with Crippen molar-refractivity contribution in [1.82, 2.24) is 0 Å². The Morgan fingerprint density at radius 1 is 0.425 bits per heavy atom. The third kappa shape index (κ3) is 6.59. The van der Waals surface area contributed by atoms with Gasteiger partial charge in [0.25, 0.3) is 0 Å². The van der Waals surface area contributed by atoms with Gasteiger partial charge in [-0.2, -0.15) is 0 Å². The number of amides is 2. The smallest absolute Gasteiger partial charge is 0.249 e. The Balaban J connectivity index is 1.44. The van der Waals surface area contributed by atoms with Crippen molar-refractivity contribution in [1.29, 1.82) is 0 Å². The molecule has 4 N–H and O–H groups in total. The van der Waals surface area contributed by atoms with Crippen molar-refractivity contribution in [2.75, 3.05) is 0 Å². The first-order valence-corrected chi connectivity index (χ1v) is 13.4. The standard InChI is InChI=1S/C34H32N2O4/c35-33(39)29-21-11-19-27(31(37)23-13-5-3-6-14-23)25(29)17-9-1-2-10-18-26-28(20-12-22-30(26)34(36)40)32(38)24-15-7-4-8-16-24/h3-8,11-16,19-22H,1-2,9-10,17-18H2,(H2,35,39)(H2,36,40). The minimum Gasteiger partial charge on any atom is -0.366 e. The Morgan fingerprint density at radius 2 is 0.775 bits per heavy atom. The summed E-state index contributed by atoms with van der Waals surface area (Å²) in [5.74, 6) is -1.40. The fourth-order valence-electron chi connectivity index (χ4n) is 5.05. The van der Waals surface area contributed by atoms with Gasteiger partial charge < -0.3 is 11.5 Å². The highest BCUT2D eigenvalue weighted by Gasteiger charge is 2.20. The summed E-state index contributed by atoms with van der Waals surface area (Å²) in [5.41, 5.74) is 15.4. The lowest BCUT2D eigenvalue weighted by molar-refractivity contribution is 0.0989. The molecule has 0 aliphatic rings. The average molecular weight is 533 g/mol. The van der Waals surface area contributed by atoms with Gasteiger partial charge in [0.15, 0.2) is 11.6 Å². The number of rotatable bonds is 13. The van der Waals surface area contributed by atoms with Crippen molar-refractivity contribution < 1.29 is 19.2 Å². The Hall–Kier alpha value is -4.84. The normalized spacial score (nSPS) is 10.7. The summed E-state index contributed by atoms with van der Waals surface area (Å²) >= 11 is 0.